The summed E-state index contributed by atoms with van der Waals surface area (Å²) in [7, 11) is 0. The fourth-order valence-corrected chi connectivity index (χ4v) is 3.86. The van der Waals surface area contributed by atoms with E-state index in [4.69, 9.17) is 15.2 Å². The van der Waals surface area contributed by atoms with Crippen molar-refractivity contribution < 1.29 is 9.47 Å². The third-order valence-corrected chi connectivity index (χ3v) is 5.03. The number of hydrogen-bond acceptors (Lipinski definition) is 4. The average molecular weight is 268 g/mol. The third-order valence-electron chi connectivity index (χ3n) is 5.03. The van der Waals surface area contributed by atoms with E-state index in [9.17, 15) is 0 Å². The summed E-state index contributed by atoms with van der Waals surface area (Å²) in [5.74, 6) is 0.442. The zero-order valence-corrected chi connectivity index (χ0v) is 12.1. The summed E-state index contributed by atoms with van der Waals surface area (Å²) in [6.45, 7) is 6.25. The predicted molar refractivity (Wildman–Crippen MR) is 74.8 cm³/mol. The van der Waals surface area contributed by atoms with Crippen molar-refractivity contribution in [3.63, 3.8) is 0 Å². The first kappa shape index (κ1) is 13.8. The minimum Gasteiger partial charge on any atom is -0.347 e. The lowest BCUT2D eigenvalue weighted by Gasteiger charge is -2.35. The van der Waals surface area contributed by atoms with Crippen LogP contribution in [0, 0.1) is 5.92 Å². The number of hydrogen-bond donors (Lipinski definition) is 1. The Morgan fingerprint density at radius 2 is 2.11 bits per heavy atom. The first-order valence-electron chi connectivity index (χ1n) is 7.97. The van der Waals surface area contributed by atoms with Gasteiger partial charge in [0.15, 0.2) is 5.79 Å². The standard InChI is InChI=1S/C15H28N2O2/c1-12(16)13-5-4-8-17(9-13)10-14-11-18-15(19-14)6-2-3-7-15/h12-14H,2-11,16H2,1H3. The second-order valence-electron chi connectivity index (χ2n) is 6.69. The smallest absolute Gasteiger partial charge is 0.168 e. The Kier molecular flexibility index (Phi) is 4.13. The summed E-state index contributed by atoms with van der Waals surface area (Å²) in [4.78, 5) is 2.53. The van der Waals surface area contributed by atoms with Gasteiger partial charge in [-0.1, -0.05) is 0 Å². The van der Waals surface area contributed by atoms with E-state index in [1.54, 1.807) is 0 Å². The molecule has 0 aromatic carbocycles. The highest BCUT2D eigenvalue weighted by Crippen LogP contribution is 2.39. The molecule has 2 aliphatic heterocycles. The van der Waals surface area contributed by atoms with Gasteiger partial charge < -0.3 is 20.1 Å². The Labute approximate surface area is 116 Å². The normalized spacial score (nSPS) is 36.9. The second kappa shape index (κ2) is 5.68. The molecule has 19 heavy (non-hydrogen) atoms. The molecule has 3 fully saturated rings. The number of nitrogens with zero attached hydrogens (tertiary/aromatic N) is 1. The van der Waals surface area contributed by atoms with Crippen molar-refractivity contribution in [2.75, 3.05) is 26.2 Å². The van der Waals surface area contributed by atoms with Crippen LogP contribution in [0.3, 0.4) is 0 Å². The zero-order chi connectivity index (χ0) is 13.3. The van der Waals surface area contributed by atoms with Crippen LogP contribution >= 0.6 is 0 Å². The minimum absolute atomic E-state index is 0.207. The van der Waals surface area contributed by atoms with Crippen molar-refractivity contribution >= 4 is 0 Å². The molecule has 0 bridgehead atoms. The fourth-order valence-electron chi connectivity index (χ4n) is 3.86. The maximum atomic E-state index is 6.21. The molecule has 1 aliphatic carbocycles. The Morgan fingerprint density at radius 1 is 1.32 bits per heavy atom. The number of nitrogens with two attached hydrogens (primary N) is 1. The quantitative estimate of drug-likeness (QED) is 0.847. The molecule has 0 radical (unpaired) electrons. The molecule has 3 unspecified atom stereocenters. The summed E-state index contributed by atoms with van der Waals surface area (Å²) in [5.41, 5.74) is 6.05. The lowest BCUT2D eigenvalue weighted by Crippen LogP contribution is -2.45. The van der Waals surface area contributed by atoms with Gasteiger partial charge in [0.05, 0.1) is 12.7 Å². The highest BCUT2D eigenvalue weighted by atomic mass is 16.7. The zero-order valence-electron chi connectivity index (χ0n) is 12.1. The minimum atomic E-state index is -0.207. The molecule has 110 valence electrons. The van der Waals surface area contributed by atoms with Crippen LogP contribution in [-0.2, 0) is 9.47 Å². The van der Waals surface area contributed by atoms with Gasteiger partial charge in [-0.25, -0.2) is 0 Å². The van der Waals surface area contributed by atoms with Gasteiger partial charge in [-0.2, -0.15) is 0 Å². The van der Waals surface area contributed by atoms with Gasteiger partial charge in [0.2, 0.25) is 0 Å². The van der Waals surface area contributed by atoms with E-state index in [1.165, 1.54) is 32.2 Å². The van der Waals surface area contributed by atoms with Gasteiger partial charge in [0.25, 0.3) is 0 Å². The van der Waals surface area contributed by atoms with Gasteiger partial charge in [-0.3, -0.25) is 0 Å². The largest absolute Gasteiger partial charge is 0.347 e. The molecule has 0 aromatic rings. The van der Waals surface area contributed by atoms with Gasteiger partial charge in [0, 0.05) is 32.0 Å². The van der Waals surface area contributed by atoms with Crippen LogP contribution in [0.2, 0.25) is 0 Å². The number of ether oxygens (including phenoxy) is 2. The molecular formula is C15H28N2O2. The van der Waals surface area contributed by atoms with Crippen LogP contribution in [0.25, 0.3) is 0 Å². The maximum Gasteiger partial charge on any atom is 0.168 e. The van der Waals surface area contributed by atoms with Crippen molar-refractivity contribution in [2.24, 2.45) is 11.7 Å². The molecule has 2 heterocycles. The van der Waals surface area contributed by atoms with Crippen LogP contribution in [-0.4, -0.2) is 49.1 Å². The molecule has 4 heteroatoms. The summed E-state index contributed by atoms with van der Waals surface area (Å²) in [6, 6.07) is 0.310. The van der Waals surface area contributed by atoms with Crippen molar-refractivity contribution in [3.05, 3.63) is 0 Å². The SMILES string of the molecule is CC(N)C1CCCN(CC2COC3(CCCC3)O2)C1. The lowest BCUT2D eigenvalue weighted by molar-refractivity contribution is -0.163. The van der Waals surface area contributed by atoms with E-state index < -0.39 is 0 Å². The van der Waals surface area contributed by atoms with Gasteiger partial charge >= 0.3 is 0 Å². The Balaban J connectivity index is 1.49. The van der Waals surface area contributed by atoms with E-state index in [-0.39, 0.29) is 11.9 Å². The fraction of sp³-hybridized carbons (Fsp3) is 1.00. The van der Waals surface area contributed by atoms with E-state index in [0.29, 0.717) is 12.0 Å². The van der Waals surface area contributed by atoms with E-state index in [2.05, 4.69) is 11.8 Å². The third kappa shape index (κ3) is 3.13. The van der Waals surface area contributed by atoms with Crippen LogP contribution in [0.1, 0.15) is 45.4 Å². The topological polar surface area (TPSA) is 47.7 Å². The van der Waals surface area contributed by atoms with Gasteiger partial charge in [0.1, 0.15) is 0 Å². The van der Waals surface area contributed by atoms with E-state index >= 15 is 0 Å². The molecule has 1 spiro atoms. The maximum absolute atomic E-state index is 6.21. The molecule has 3 rings (SSSR count). The summed E-state index contributed by atoms with van der Waals surface area (Å²) in [5, 5.41) is 0. The second-order valence-corrected chi connectivity index (χ2v) is 6.69. The van der Waals surface area contributed by atoms with Crippen LogP contribution in [0.4, 0.5) is 0 Å². The van der Waals surface area contributed by atoms with Crippen LogP contribution in [0.5, 0.6) is 0 Å². The van der Waals surface area contributed by atoms with Gasteiger partial charge in [-0.15, -0.1) is 0 Å². The number of piperidine rings is 1. The Bertz CT molecular complexity index is 303. The number of likely N-dealkylation sites (tertiary alicyclic amines) is 1. The molecule has 2 saturated heterocycles. The van der Waals surface area contributed by atoms with Crippen LogP contribution < -0.4 is 5.73 Å². The summed E-state index contributed by atoms with van der Waals surface area (Å²) >= 11 is 0. The molecule has 2 N–H and O–H groups in total. The highest BCUT2D eigenvalue weighted by Gasteiger charge is 2.44. The van der Waals surface area contributed by atoms with Crippen molar-refractivity contribution in [1.82, 2.24) is 4.90 Å². The van der Waals surface area contributed by atoms with Crippen molar-refractivity contribution in [3.8, 4) is 0 Å². The molecular weight excluding hydrogens is 240 g/mol. The number of rotatable bonds is 3. The van der Waals surface area contributed by atoms with E-state index in [1.807, 2.05) is 0 Å². The molecule has 3 atom stereocenters. The highest BCUT2D eigenvalue weighted by molar-refractivity contribution is 4.86. The molecule has 3 aliphatic rings. The van der Waals surface area contributed by atoms with Crippen molar-refractivity contribution in [1.29, 1.82) is 0 Å². The average Bonchev–Trinajstić information content (AvgIpc) is 3.01. The molecule has 1 saturated carbocycles. The Hall–Kier alpha value is -0.160. The monoisotopic (exact) mass is 268 g/mol. The first-order chi connectivity index (χ1) is 9.17. The lowest BCUT2D eigenvalue weighted by atomic mass is 9.92. The summed E-state index contributed by atoms with van der Waals surface area (Å²) in [6.07, 6.45) is 7.50. The predicted octanol–water partition coefficient (Wildman–Crippen LogP) is 1.73. The Morgan fingerprint density at radius 3 is 2.84 bits per heavy atom. The first-order valence-corrected chi connectivity index (χ1v) is 7.97. The molecule has 0 aromatic heterocycles. The van der Waals surface area contributed by atoms with Crippen LogP contribution in [0.15, 0.2) is 0 Å². The van der Waals surface area contributed by atoms with E-state index in [0.717, 1.165) is 32.5 Å². The molecule has 4 nitrogen and oxygen atoms in total. The van der Waals surface area contributed by atoms with Gasteiger partial charge in [-0.05, 0) is 45.1 Å². The van der Waals surface area contributed by atoms with Crippen molar-refractivity contribution in [2.45, 2.75) is 63.4 Å². The molecule has 0 amide bonds. The summed E-state index contributed by atoms with van der Waals surface area (Å²) < 4.78 is 12.2.